The van der Waals surface area contributed by atoms with Gasteiger partial charge in [0.1, 0.15) is 0 Å². The Morgan fingerprint density at radius 3 is 2.94 bits per heavy atom. The molecule has 0 aliphatic carbocycles. The average Bonchev–Trinajstić information content (AvgIpc) is 2.71. The highest BCUT2D eigenvalue weighted by Gasteiger charge is 2.23. The normalized spacial score (nSPS) is 24.8. The van der Waals surface area contributed by atoms with Crippen molar-refractivity contribution in [2.45, 2.75) is 19.2 Å². The smallest absolute Gasteiger partial charge is 0.0936 e. The van der Waals surface area contributed by atoms with Crippen LogP contribution in [0.3, 0.4) is 0 Å². The summed E-state index contributed by atoms with van der Waals surface area (Å²) in [6.07, 6.45) is 0.218. The number of benzene rings is 1. The molecule has 4 nitrogen and oxygen atoms in total. The van der Waals surface area contributed by atoms with Crippen molar-refractivity contribution < 1.29 is 9.47 Å². The van der Waals surface area contributed by atoms with Crippen LogP contribution in [0.4, 0.5) is 5.69 Å². The van der Waals surface area contributed by atoms with Crippen LogP contribution in [-0.4, -0.2) is 37.4 Å². The van der Waals surface area contributed by atoms with Gasteiger partial charge in [0.2, 0.25) is 0 Å². The number of fused-ring (bicyclic) bond motifs is 1. The molecule has 0 bridgehead atoms. The van der Waals surface area contributed by atoms with E-state index in [0.29, 0.717) is 0 Å². The molecule has 2 heterocycles. The number of anilines is 1. The molecule has 0 saturated carbocycles. The van der Waals surface area contributed by atoms with Crippen molar-refractivity contribution in [1.29, 1.82) is 0 Å². The molecule has 1 aromatic rings. The van der Waals surface area contributed by atoms with Crippen LogP contribution in [-0.2, 0) is 22.6 Å². The second-order valence-electron chi connectivity index (χ2n) is 4.77. The molecule has 2 aliphatic heterocycles. The molecule has 1 atom stereocenters. The Balaban J connectivity index is 1.61. The number of hydrogen-bond acceptors (Lipinski definition) is 4. The average molecular weight is 234 g/mol. The van der Waals surface area contributed by atoms with E-state index in [2.05, 4.69) is 17.0 Å². The van der Waals surface area contributed by atoms with Crippen LogP contribution in [0.5, 0.6) is 0 Å². The van der Waals surface area contributed by atoms with Gasteiger partial charge in [-0.25, -0.2) is 0 Å². The molecule has 0 amide bonds. The maximum atomic E-state index is 5.80. The third kappa shape index (κ3) is 2.44. The lowest BCUT2D eigenvalue weighted by Gasteiger charge is -2.27. The lowest BCUT2D eigenvalue weighted by molar-refractivity contribution is -0.0980. The van der Waals surface area contributed by atoms with Crippen LogP contribution in [0.1, 0.15) is 11.1 Å². The van der Waals surface area contributed by atoms with Gasteiger partial charge >= 0.3 is 0 Å². The minimum absolute atomic E-state index is 0.218. The fourth-order valence-electron chi connectivity index (χ4n) is 2.54. The first-order chi connectivity index (χ1) is 8.31. The SMILES string of the molecule is Nc1ccc2c(c1)CN(CC1COCCO1)C2. The summed E-state index contributed by atoms with van der Waals surface area (Å²) < 4.78 is 11.1. The van der Waals surface area contributed by atoms with Crippen molar-refractivity contribution in [2.75, 3.05) is 32.1 Å². The summed E-state index contributed by atoms with van der Waals surface area (Å²) in [5.41, 5.74) is 9.38. The van der Waals surface area contributed by atoms with Crippen molar-refractivity contribution in [3.8, 4) is 0 Å². The Labute approximate surface area is 101 Å². The van der Waals surface area contributed by atoms with E-state index in [9.17, 15) is 0 Å². The first-order valence-electron chi connectivity index (χ1n) is 6.10. The van der Waals surface area contributed by atoms with E-state index in [1.54, 1.807) is 0 Å². The van der Waals surface area contributed by atoms with E-state index < -0.39 is 0 Å². The van der Waals surface area contributed by atoms with Crippen molar-refractivity contribution >= 4 is 5.69 Å². The van der Waals surface area contributed by atoms with Crippen LogP contribution in [0.25, 0.3) is 0 Å². The Kier molecular flexibility index (Phi) is 3.01. The number of nitrogens with zero attached hydrogens (tertiary/aromatic N) is 1. The Morgan fingerprint density at radius 2 is 2.12 bits per heavy atom. The van der Waals surface area contributed by atoms with Crippen LogP contribution in [0, 0.1) is 0 Å². The van der Waals surface area contributed by atoms with Crippen LogP contribution in [0.2, 0.25) is 0 Å². The van der Waals surface area contributed by atoms with Gasteiger partial charge in [-0.3, -0.25) is 4.90 Å². The van der Waals surface area contributed by atoms with E-state index in [0.717, 1.165) is 45.1 Å². The predicted octanol–water partition coefficient (Wildman–Crippen LogP) is 1.000. The van der Waals surface area contributed by atoms with Crippen LogP contribution >= 0.6 is 0 Å². The molecule has 1 aromatic carbocycles. The molecule has 3 rings (SSSR count). The molecule has 0 aromatic heterocycles. The first-order valence-corrected chi connectivity index (χ1v) is 6.10. The van der Waals surface area contributed by atoms with Crippen molar-refractivity contribution in [2.24, 2.45) is 0 Å². The maximum absolute atomic E-state index is 5.80. The Bertz CT molecular complexity index is 402. The Hall–Kier alpha value is -1.10. The molecule has 1 unspecified atom stereocenters. The zero-order chi connectivity index (χ0) is 11.7. The summed E-state index contributed by atoms with van der Waals surface area (Å²) in [4.78, 5) is 2.39. The summed E-state index contributed by atoms with van der Waals surface area (Å²) in [5, 5.41) is 0. The number of hydrogen-bond donors (Lipinski definition) is 1. The fourth-order valence-corrected chi connectivity index (χ4v) is 2.54. The van der Waals surface area contributed by atoms with E-state index in [1.807, 2.05) is 6.07 Å². The van der Waals surface area contributed by atoms with E-state index in [4.69, 9.17) is 15.2 Å². The van der Waals surface area contributed by atoms with Crippen molar-refractivity contribution in [1.82, 2.24) is 4.90 Å². The summed E-state index contributed by atoms with van der Waals surface area (Å²) in [6.45, 7) is 5.07. The summed E-state index contributed by atoms with van der Waals surface area (Å²) in [7, 11) is 0. The lowest BCUT2D eigenvalue weighted by Crippen LogP contribution is -2.37. The van der Waals surface area contributed by atoms with Crippen molar-refractivity contribution in [3.05, 3.63) is 29.3 Å². The van der Waals surface area contributed by atoms with E-state index in [1.165, 1.54) is 11.1 Å². The number of nitrogens with two attached hydrogens (primary N) is 1. The van der Waals surface area contributed by atoms with Gasteiger partial charge in [0.15, 0.2) is 0 Å². The molecule has 0 spiro atoms. The second-order valence-corrected chi connectivity index (χ2v) is 4.77. The molecule has 2 N–H and O–H groups in total. The summed E-state index contributed by atoms with van der Waals surface area (Å²) >= 11 is 0. The number of rotatable bonds is 2. The van der Waals surface area contributed by atoms with E-state index >= 15 is 0 Å². The number of nitrogen functional groups attached to an aromatic ring is 1. The molecule has 1 fully saturated rings. The minimum atomic E-state index is 0.218. The van der Waals surface area contributed by atoms with Crippen LogP contribution in [0.15, 0.2) is 18.2 Å². The zero-order valence-electron chi connectivity index (χ0n) is 9.89. The molecule has 92 valence electrons. The quantitative estimate of drug-likeness (QED) is 0.776. The minimum Gasteiger partial charge on any atom is -0.399 e. The largest absolute Gasteiger partial charge is 0.399 e. The van der Waals surface area contributed by atoms with Gasteiger partial charge in [-0.15, -0.1) is 0 Å². The number of ether oxygens (including phenoxy) is 2. The van der Waals surface area contributed by atoms with Crippen molar-refractivity contribution in [3.63, 3.8) is 0 Å². The molecule has 4 heteroatoms. The molecule has 17 heavy (non-hydrogen) atoms. The third-order valence-electron chi connectivity index (χ3n) is 3.37. The molecule has 2 aliphatic rings. The summed E-state index contributed by atoms with van der Waals surface area (Å²) in [6, 6.07) is 6.18. The van der Waals surface area contributed by atoms with Gasteiger partial charge in [-0.1, -0.05) is 6.07 Å². The molecular formula is C13H18N2O2. The molecule has 0 radical (unpaired) electrons. The van der Waals surface area contributed by atoms with Gasteiger partial charge in [0, 0.05) is 25.3 Å². The van der Waals surface area contributed by atoms with Gasteiger partial charge in [0.25, 0.3) is 0 Å². The first kappa shape index (κ1) is 11.0. The zero-order valence-corrected chi connectivity index (χ0v) is 9.89. The molecular weight excluding hydrogens is 216 g/mol. The van der Waals surface area contributed by atoms with Crippen LogP contribution < -0.4 is 5.73 Å². The molecule has 1 saturated heterocycles. The standard InChI is InChI=1S/C13H18N2O2/c14-12-2-1-10-6-15(7-11(10)5-12)8-13-9-16-3-4-17-13/h1-2,5,13H,3-4,6-9,14H2. The van der Waals surface area contributed by atoms with E-state index in [-0.39, 0.29) is 6.10 Å². The highest BCUT2D eigenvalue weighted by Crippen LogP contribution is 2.25. The lowest BCUT2D eigenvalue weighted by atomic mass is 10.1. The predicted molar refractivity (Wildman–Crippen MR) is 65.5 cm³/mol. The Morgan fingerprint density at radius 1 is 1.24 bits per heavy atom. The maximum Gasteiger partial charge on any atom is 0.0936 e. The van der Waals surface area contributed by atoms with Gasteiger partial charge in [-0.05, 0) is 23.3 Å². The highest BCUT2D eigenvalue weighted by molar-refractivity contribution is 5.46. The highest BCUT2D eigenvalue weighted by atomic mass is 16.6. The van der Waals surface area contributed by atoms with Gasteiger partial charge in [0.05, 0.1) is 25.9 Å². The van der Waals surface area contributed by atoms with Gasteiger partial charge in [-0.2, -0.15) is 0 Å². The second kappa shape index (κ2) is 4.64. The summed E-state index contributed by atoms with van der Waals surface area (Å²) in [5.74, 6) is 0. The topological polar surface area (TPSA) is 47.7 Å². The third-order valence-corrected chi connectivity index (χ3v) is 3.37. The van der Waals surface area contributed by atoms with Gasteiger partial charge < -0.3 is 15.2 Å². The fraction of sp³-hybridized carbons (Fsp3) is 0.538. The monoisotopic (exact) mass is 234 g/mol.